The van der Waals surface area contributed by atoms with Crippen LogP contribution in [0.3, 0.4) is 0 Å². The molecule has 3 aliphatic rings. The lowest BCUT2D eigenvalue weighted by Gasteiger charge is -2.35. The molecule has 2 aromatic rings. The van der Waals surface area contributed by atoms with E-state index in [0.29, 0.717) is 17.9 Å². The molecule has 1 saturated heterocycles. The molecule has 2 aliphatic carbocycles. The van der Waals surface area contributed by atoms with Crippen LogP contribution in [0.2, 0.25) is 0 Å². The number of carbonyl (C=O) groups is 3. The Bertz CT molecular complexity index is 1280. The average molecular weight is 591 g/mol. The first kappa shape index (κ1) is 30.9. The van der Waals surface area contributed by atoms with Gasteiger partial charge in [-0.3, -0.25) is 14.4 Å². The van der Waals surface area contributed by atoms with E-state index in [-0.39, 0.29) is 42.3 Å². The molecule has 3 amide bonds. The third-order valence-electron chi connectivity index (χ3n) is 9.39. The number of hydrogen-bond acceptors (Lipinski definition) is 6. The lowest BCUT2D eigenvalue weighted by molar-refractivity contribution is -0.143. The summed E-state index contributed by atoms with van der Waals surface area (Å²) in [5.74, 6) is 0.733. The molecule has 3 unspecified atom stereocenters. The lowest BCUT2D eigenvalue weighted by atomic mass is 9.83. The Kier molecular flexibility index (Phi) is 10.2. The number of likely N-dealkylation sites (tertiary alicyclic amines) is 1. The third kappa shape index (κ3) is 7.32. The number of nitrogens with one attached hydrogen (secondary N) is 3. The zero-order valence-electron chi connectivity index (χ0n) is 25.6. The van der Waals surface area contributed by atoms with E-state index in [9.17, 15) is 14.4 Å². The minimum atomic E-state index is -0.707. The van der Waals surface area contributed by atoms with Crippen molar-refractivity contribution in [2.24, 2.45) is 5.92 Å². The summed E-state index contributed by atoms with van der Waals surface area (Å²) in [6, 6.07) is 13.7. The Labute approximate surface area is 255 Å². The second kappa shape index (κ2) is 14.3. The van der Waals surface area contributed by atoms with Gasteiger partial charge in [-0.2, -0.15) is 0 Å². The molecule has 1 aliphatic heterocycles. The molecule has 0 radical (unpaired) electrons. The van der Waals surface area contributed by atoms with Gasteiger partial charge in [-0.15, -0.1) is 0 Å². The molecule has 5 rings (SSSR count). The predicted octanol–water partition coefficient (Wildman–Crippen LogP) is 3.91. The van der Waals surface area contributed by atoms with Gasteiger partial charge in [0, 0.05) is 12.5 Å². The van der Waals surface area contributed by atoms with Crippen molar-refractivity contribution >= 4 is 17.7 Å². The maximum Gasteiger partial charge on any atom is 0.246 e. The first-order chi connectivity index (χ1) is 20.9. The molecular weight excluding hydrogens is 544 g/mol. The van der Waals surface area contributed by atoms with Crippen LogP contribution in [0, 0.1) is 5.92 Å². The Morgan fingerprint density at radius 1 is 0.953 bits per heavy atom. The van der Waals surface area contributed by atoms with Gasteiger partial charge in [0.15, 0.2) is 0 Å². The van der Waals surface area contributed by atoms with Crippen LogP contribution >= 0.6 is 0 Å². The van der Waals surface area contributed by atoms with Gasteiger partial charge in [-0.05, 0) is 75.3 Å². The molecule has 9 heteroatoms. The summed E-state index contributed by atoms with van der Waals surface area (Å²) in [7, 11) is 3.33. The Morgan fingerprint density at radius 2 is 1.72 bits per heavy atom. The normalized spacial score (nSPS) is 23.5. The van der Waals surface area contributed by atoms with E-state index >= 15 is 0 Å². The minimum absolute atomic E-state index is 0.0292. The lowest BCUT2D eigenvalue weighted by Crippen LogP contribution is -2.58. The van der Waals surface area contributed by atoms with Gasteiger partial charge in [-0.1, -0.05) is 49.6 Å². The first-order valence-corrected chi connectivity index (χ1v) is 15.8. The zero-order chi connectivity index (χ0) is 30.3. The highest BCUT2D eigenvalue weighted by Crippen LogP contribution is 2.33. The van der Waals surface area contributed by atoms with E-state index in [4.69, 9.17) is 9.47 Å². The monoisotopic (exact) mass is 590 g/mol. The van der Waals surface area contributed by atoms with Crippen molar-refractivity contribution < 1.29 is 23.9 Å². The highest BCUT2D eigenvalue weighted by Gasteiger charge is 2.45. The number of benzene rings is 2. The standard InChI is InChI=1S/C34H46N4O5/c1-22(35-2)32(39)37-31(24-12-5-4-6-13-24)34(41)38-21-27(43-26-16-10-15-25(19-26)42-3)20-30(38)33(40)36-29-18-9-14-23-11-7-8-17-28(23)29/h7-8,10-11,15-17,19,22,24,27,29-31,35H,4-6,9,12-14,18,20-21H2,1-3H3,(H,36,40)(H,37,39)/t22-,27?,29?,30?,31-/m0/s1. The van der Waals surface area contributed by atoms with Crippen molar-refractivity contribution in [3.05, 3.63) is 59.7 Å². The van der Waals surface area contributed by atoms with Crippen molar-refractivity contribution in [3.8, 4) is 11.5 Å². The van der Waals surface area contributed by atoms with Crippen LogP contribution in [-0.2, 0) is 20.8 Å². The number of carbonyl (C=O) groups excluding carboxylic acids is 3. The molecule has 0 bridgehead atoms. The number of nitrogens with zero attached hydrogens (tertiary/aromatic N) is 1. The van der Waals surface area contributed by atoms with E-state index in [2.05, 4.69) is 28.1 Å². The summed E-state index contributed by atoms with van der Waals surface area (Å²) >= 11 is 0. The van der Waals surface area contributed by atoms with Crippen LogP contribution in [0.4, 0.5) is 0 Å². The molecule has 1 saturated carbocycles. The van der Waals surface area contributed by atoms with Gasteiger partial charge in [0.25, 0.3) is 0 Å². The molecule has 5 atom stereocenters. The number of fused-ring (bicyclic) bond motifs is 1. The SMILES string of the molecule is CN[C@@H](C)C(=O)N[C@H](C(=O)N1CC(Oc2cccc(OC)c2)CC1C(=O)NC1CCCc2ccccc21)C1CCCCC1. The third-order valence-corrected chi connectivity index (χ3v) is 9.39. The van der Waals surface area contributed by atoms with Crippen molar-refractivity contribution in [3.63, 3.8) is 0 Å². The molecular formula is C34H46N4O5. The zero-order valence-corrected chi connectivity index (χ0v) is 25.6. The van der Waals surface area contributed by atoms with Gasteiger partial charge in [-0.25, -0.2) is 0 Å². The van der Waals surface area contributed by atoms with E-state index in [0.717, 1.165) is 56.9 Å². The Balaban J connectivity index is 1.40. The van der Waals surface area contributed by atoms with Crippen LogP contribution in [0.25, 0.3) is 0 Å². The van der Waals surface area contributed by atoms with Crippen LogP contribution in [-0.4, -0.2) is 67.6 Å². The van der Waals surface area contributed by atoms with Gasteiger partial charge in [0.2, 0.25) is 17.7 Å². The minimum Gasteiger partial charge on any atom is -0.497 e. The van der Waals surface area contributed by atoms with Crippen LogP contribution < -0.4 is 25.4 Å². The molecule has 2 aromatic carbocycles. The average Bonchev–Trinajstić information content (AvgIpc) is 3.47. The first-order valence-electron chi connectivity index (χ1n) is 15.8. The fourth-order valence-corrected chi connectivity index (χ4v) is 6.85. The summed E-state index contributed by atoms with van der Waals surface area (Å²) in [6.07, 6.45) is 7.76. The number of amides is 3. The molecule has 0 spiro atoms. The number of methoxy groups -OCH3 is 1. The smallest absolute Gasteiger partial charge is 0.246 e. The fourth-order valence-electron chi connectivity index (χ4n) is 6.85. The van der Waals surface area contributed by atoms with E-state index in [1.165, 1.54) is 5.56 Å². The largest absolute Gasteiger partial charge is 0.497 e. The molecule has 3 N–H and O–H groups in total. The summed E-state index contributed by atoms with van der Waals surface area (Å²) in [5.41, 5.74) is 2.41. The van der Waals surface area contributed by atoms with Gasteiger partial charge >= 0.3 is 0 Å². The number of likely N-dealkylation sites (N-methyl/N-ethyl adjacent to an activating group) is 1. The molecule has 0 aromatic heterocycles. The van der Waals surface area contributed by atoms with Gasteiger partial charge < -0.3 is 30.3 Å². The van der Waals surface area contributed by atoms with Gasteiger partial charge in [0.1, 0.15) is 29.7 Å². The van der Waals surface area contributed by atoms with Gasteiger partial charge in [0.05, 0.1) is 25.7 Å². The second-order valence-electron chi connectivity index (χ2n) is 12.2. The molecule has 9 nitrogen and oxygen atoms in total. The number of rotatable bonds is 10. The summed E-state index contributed by atoms with van der Waals surface area (Å²) in [5, 5.41) is 9.33. The van der Waals surface area contributed by atoms with Crippen molar-refractivity contribution in [1.29, 1.82) is 0 Å². The highest BCUT2D eigenvalue weighted by atomic mass is 16.5. The molecule has 1 heterocycles. The van der Waals surface area contributed by atoms with E-state index in [1.54, 1.807) is 26.0 Å². The number of hydrogen-bond donors (Lipinski definition) is 3. The van der Waals surface area contributed by atoms with E-state index < -0.39 is 18.1 Å². The Hall–Kier alpha value is -3.59. The molecule has 43 heavy (non-hydrogen) atoms. The van der Waals surface area contributed by atoms with Crippen LogP contribution in [0.15, 0.2) is 48.5 Å². The fraction of sp³-hybridized carbons (Fsp3) is 0.559. The highest BCUT2D eigenvalue weighted by molar-refractivity contribution is 5.94. The maximum absolute atomic E-state index is 14.4. The number of ether oxygens (including phenoxy) is 2. The van der Waals surface area contributed by atoms with Crippen molar-refractivity contribution in [2.45, 2.75) is 95.0 Å². The maximum atomic E-state index is 14.4. The number of aryl methyl sites for hydroxylation is 1. The Morgan fingerprint density at radius 3 is 2.49 bits per heavy atom. The summed E-state index contributed by atoms with van der Waals surface area (Å²) < 4.78 is 11.7. The quantitative estimate of drug-likeness (QED) is 0.387. The van der Waals surface area contributed by atoms with Crippen molar-refractivity contribution in [1.82, 2.24) is 20.9 Å². The molecule has 2 fully saturated rings. The molecule has 232 valence electrons. The summed E-state index contributed by atoms with van der Waals surface area (Å²) in [4.78, 5) is 43.2. The predicted molar refractivity (Wildman–Crippen MR) is 165 cm³/mol. The van der Waals surface area contributed by atoms with Crippen LogP contribution in [0.5, 0.6) is 11.5 Å². The second-order valence-corrected chi connectivity index (χ2v) is 12.2. The van der Waals surface area contributed by atoms with Crippen LogP contribution in [0.1, 0.15) is 75.5 Å². The summed E-state index contributed by atoms with van der Waals surface area (Å²) in [6.45, 7) is 2.04. The van der Waals surface area contributed by atoms with E-state index in [1.807, 2.05) is 36.4 Å². The topological polar surface area (TPSA) is 109 Å². The van der Waals surface area contributed by atoms with Crippen molar-refractivity contribution in [2.75, 3.05) is 20.7 Å².